The molecule has 0 radical (unpaired) electrons. The van der Waals surface area contributed by atoms with Gasteiger partial charge < -0.3 is 5.11 Å². The Labute approximate surface area is 89.3 Å². The number of aryl methyl sites for hydroxylation is 1. The van der Waals surface area contributed by atoms with Crippen LogP contribution in [0.5, 0.6) is 5.75 Å². The lowest BCUT2D eigenvalue weighted by Gasteiger charge is -2.01. The van der Waals surface area contributed by atoms with Gasteiger partial charge in [0.25, 0.3) is 0 Å². The van der Waals surface area contributed by atoms with Crippen molar-refractivity contribution >= 4 is 10.9 Å². The lowest BCUT2D eigenvalue weighted by Crippen LogP contribution is -1.97. The van der Waals surface area contributed by atoms with Crippen LogP contribution in [0.25, 0.3) is 10.9 Å². The second-order valence-electron chi connectivity index (χ2n) is 4.34. The SMILES string of the molecule is CC(C)Cc1nn(C)c2cccc(O)c12. The zero-order valence-corrected chi connectivity index (χ0v) is 9.36. The average Bonchev–Trinajstić information content (AvgIpc) is 2.44. The number of aromatic nitrogens is 2. The van der Waals surface area contributed by atoms with Crippen LogP contribution in [0.2, 0.25) is 0 Å². The molecule has 0 unspecified atom stereocenters. The van der Waals surface area contributed by atoms with E-state index in [-0.39, 0.29) is 0 Å². The van der Waals surface area contributed by atoms with Crippen LogP contribution in [0, 0.1) is 5.92 Å². The monoisotopic (exact) mass is 204 g/mol. The first-order valence-electron chi connectivity index (χ1n) is 5.23. The molecule has 1 aromatic carbocycles. The van der Waals surface area contributed by atoms with Gasteiger partial charge in [-0.05, 0) is 24.5 Å². The Morgan fingerprint density at radius 3 is 2.80 bits per heavy atom. The van der Waals surface area contributed by atoms with Gasteiger partial charge in [-0.1, -0.05) is 19.9 Å². The van der Waals surface area contributed by atoms with E-state index in [9.17, 15) is 5.11 Å². The minimum Gasteiger partial charge on any atom is -0.507 e. The third-order valence-electron chi connectivity index (χ3n) is 2.53. The fourth-order valence-corrected chi connectivity index (χ4v) is 1.91. The molecule has 0 atom stereocenters. The summed E-state index contributed by atoms with van der Waals surface area (Å²) in [5.74, 6) is 0.874. The lowest BCUT2D eigenvalue weighted by atomic mass is 10.0. The molecule has 0 saturated carbocycles. The zero-order valence-electron chi connectivity index (χ0n) is 9.36. The lowest BCUT2D eigenvalue weighted by molar-refractivity contribution is 0.481. The molecule has 0 aliphatic rings. The molecule has 0 saturated heterocycles. The van der Waals surface area contributed by atoms with Gasteiger partial charge in [-0.2, -0.15) is 5.10 Å². The van der Waals surface area contributed by atoms with Gasteiger partial charge in [0.05, 0.1) is 16.6 Å². The number of benzene rings is 1. The Bertz CT molecular complexity index is 486. The largest absolute Gasteiger partial charge is 0.507 e. The van der Waals surface area contributed by atoms with Crippen LogP contribution in [-0.2, 0) is 13.5 Å². The topological polar surface area (TPSA) is 38.0 Å². The van der Waals surface area contributed by atoms with E-state index in [1.807, 2.05) is 23.9 Å². The maximum atomic E-state index is 9.82. The molecule has 1 aromatic heterocycles. The Hall–Kier alpha value is -1.51. The normalized spacial score (nSPS) is 11.5. The first kappa shape index (κ1) is 10.0. The number of nitrogens with zero attached hydrogens (tertiary/aromatic N) is 2. The van der Waals surface area contributed by atoms with Crippen molar-refractivity contribution in [3.63, 3.8) is 0 Å². The van der Waals surface area contributed by atoms with E-state index in [0.29, 0.717) is 11.7 Å². The van der Waals surface area contributed by atoms with Crippen LogP contribution in [-0.4, -0.2) is 14.9 Å². The summed E-state index contributed by atoms with van der Waals surface area (Å²) in [6, 6.07) is 5.54. The molecule has 0 bridgehead atoms. The van der Waals surface area contributed by atoms with Crippen molar-refractivity contribution in [1.29, 1.82) is 0 Å². The Kier molecular flexibility index (Phi) is 2.39. The van der Waals surface area contributed by atoms with E-state index in [1.165, 1.54) is 0 Å². The highest BCUT2D eigenvalue weighted by molar-refractivity contribution is 5.87. The Morgan fingerprint density at radius 2 is 2.13 bits per heavy atom. The first-order chi connectivity index (χ1) is 7.09. The highest BCUT2D eigenvalue weighted by Crippen LogP contribution is 2.28. The van der Waals surface area contributed by atoms with Gasteiger partial charge in [0, 0.05) is 7.05 Å². The zero-order chi connectivity index (χ0) is 11.0. The number of hydrogen-bond donors (Lipinski definition) is 1. The molecular formula is C12H16N2O. The van der Waals surface area contributed by atoms with Crippen molar-refractivity contribution in [3.05, 3.63) is 23.9 Å². The fraction of sp³-hybridized carbons (Fsp3) is 0.417. The number of phenols is 1. The van der Waals surface area contributed by atoms with Gasteiger partial charge >= 0.3 is 0 Å². The van der Waals surface area contributed by atoms with Gasteiger partial charge in [0.15, 0.2) is 0 Å². The van der Waals surface area contributed by atoms with Gasteiger partial charge in [-0.3, -0.25) is 4.68 Å². The van der Waals surface area contributed by atoms with E-state index in [0.717, 1.165) is 23.0 Å². The second kappa shape index (κ2) is 3.57. The standard InChI is InChI=1S/C12H16N2O/c1-8(2)7-9-12-10(14(3)13-9)5-4-6-11(12)15/h4-6,8,15H,7H2,1-3H3. The summed E-state index contributed by atoms with van der Waals surface area (Å²) in [5, 5.41) is 15.2. The summed E-state index contributed by atoms with van der Waals surface area (Å²) in [6.07, 6.45) is 0.898. The van der Waals surface area contributed by atoms with E-state index in [2.05, 4.69) is 18.9 Å². The molecule has 0 amide bonds. The molecule has 1 N–H and O–H groups in total. The molecule has 0 aliphatic heterocycles. The van der Waals surface area contributed by atoms with Crippen LogP contribution in [0.4, 0.5) is 0 Å². The molecule has 3 heteroatoms. The summed E-state index contributed by atoms with van der Waals surface area (Å²) >= 11 is 0. The quantitative estimate of drug-likeness (QED) is 0.816. The van der Waals surface area contributed by atoms with Crippen molar-refractivity contribution in [1.82, 2.24) is 9.78 Å². The number of hydrogen-bond acceptors (Lipinski definition) is 2. The molecule has 0 spiro atoms. The molecule has 80 valence electrons. The van der Waals surface area contributed by atoms with Crippen LogP contribution < -0.4 is 0 Å². The average molecular weight is 204 g/mol. The summed E-state index contributed by atoms with van der Waals surface area (Å²) in [5.41, 5.74) is 1.98. The highest BCUT2D eigenvalue weighted by Gasteiger charge is 2.12. The maximum Gasteiger partial charge on any atom is 0.126 e. The Balaban J connectivity index is 2.65. The van der Waals surface area contributed by atoms with Crippen LogP contribution >= 0.6 is 0 Å². The van der Waals surface area contributed by atoms with E-state index < -0.39 is 0 Å². The molecule has 0 fully saturated rings. The highest BCUT2D eigenvalue weighted by atomic mass is 16.3. The van der Waals surface area contributed by atoms with E-state index >= 15 is 0 Å². The van der Waals surface area contributed by atoms with Gasteiger partial charge in [0.1, 0.15) is 5.75 Å². The molecule has 15 heavy (non-hydrogen) atoms. The summed E-state index contributed by atoms with van der Waals surface area (Å²) in [4.78, 5) is 0. The molecular weight excluding hydrogens is 188 g/mol. The van der Waals surface area contributed by atoms with Gasteiger partial charge in [-0.25, -0.2) is 0 Å². The van der Waals surface area contributed by atoms with Crippen LogP contribution in [0.3, 0.4) is 0 Å². The first-order valence-corrected chi connectivity index (χ1v) is 5.23. The van der Waals surface area contributed by atoms with Crippen molar-refractivity contribution in [2.75, 3.05) is 0 Å². The molecule has 1 heterocycles. The van der Waals surface area contributed by atoms with Crippen molar-refractivity contribution in [2.24, 2.45) is 13.0 Å². The third-order valence-corrected chi connectivity index (χ3v) is 2.53. The minimum absolute atomic E-state index is 0.330. The van der Waals surface area contributed by atoms with Crippen molar-refractivity contribution in [3.8, 4) is 5.75 Å². The van der Waals surface area contributed by atoms with Crippen LogP contribution in [0.1, 0.15) is 19.5 Å². The Morgan fingerprint density at radius 1 is 1.40 bits per heavy atom. The summed E-state index contributed by atoms with van der Waals surface area (Å²) in [7, 11) is 1.91. The number of aromatic hydroxyl groups is 1. The van der Waals surface area contributed by atoms with Crippen molar-refractivity contribution in [2.45, 2.75) is 20.3 Å². The van der Waals surface area contributed by atoms with E-state index in [1.54, 1.807) is 6.07 Å². The molecule has 0 aliphatic carbocycles. The maximum absolute atomic E-state index is 9.82. The van der Waals surface area contributed by atoms with Crippen LogP contribution in [0.15, 0.2) is 18.2 Å². The smallest absolute Gasteiger partial charge is 0.126 e. The number of rotatable bonds is 2. The van der Waals surface area contributed by atoms with Gasteiger partial charge in [0.2, 0.25) is 0 Å². The summed E-state index contributed by atoms with van der Waals surface area (Å²) in [6.45, 7) is 4.31. The fourth-order valence-electron chi connectivity index (χ4n) is 1.91. The third kappa shape index (κ3) is 1.69. The molecule has 3 nitrogen and oxygen atoms in total. The van der Waals surface area contributed by atoms with E-state index in [4.69, 9.17) is 0 Å². The number of fused-ring (bicyclic) bond motifs is 1. The minimum atomic E-state index is 0.330. The molecule has 2 rings (SSSR count). The predicted octanol–water partition coefficient (Wildman–Crippen LogP) is 2.48. The van der Waals surface area contributed by atoms with Gasteiger partial charge in [-0.15, -0.1) is 0 Å². The second-order valence-corrected chi connectivity index (χ2v) is 4.34. The predicted molar refractivity (Wildman–Crippen MR) is 60.9 cm³/mol. The summed E-state index contributed by atoms with van der Waals surface area (Å²) < 4.78 is 1.83. The van der Waals surface area contributed by atoms with Crippen molar-refractivity contribution < 1.29 is 5.11 Å². The number of phenolic OH excluding ortho intramolecular Hbond substituents is 1. The molecule has 2 aromatic rings.